The molecule has 188 valence electrons. The third-order valence-electron chi connectivity index (χ3n) is 5.66. The molecule has 2 N–H and O–H groups in total. The Morgan fingerprint density at radius 3 is 2.37 bits per heavy atom. The normalized spacial score (nSPS) is 13.0. The lowest BCUT2D eigenvalue weighted by Crippen LogP contribution is -2.26. The van der Waals surface area contributed by atoms with Gasteiger partial charge < -0.3 is 15.4 Å². The van der Waals surface area contributed by atoms with E-state index in [4.69, 9.17) is 9.73 Å². The lowest BCUT2D eigenvalue weighted by molar-refractivity contribution is -0.116. The van der Waals surface area contributed by atoms with Gasteiger partial charge in [0.2, 0.25) is 5.91 Å². The van der Waals surface area contributed by atoms with Gasteiger partial charge in [-0.15, -0.1) is 0 Å². The number of allylic oxidation sites excluding steroid dienone is 1. The Hall–Kier alpha value is -3.41. The highest BCUT2D eigenvalue weighted by Gasteiger charge is 2.14. The maximum Gasteiger partial charge on any atom is 0.245 e. The lowest BCUT2D eigenvalue weighted by atomic mass is 9.86. The van der Waals surface area contributed by atoms with Gasteiger partial charge in [0.1, 0.15) is 17.4 Å². The second-order valence-corrected chi connectivity index (χ2v) is 9.68. The van der Waals surface area contributed by atoms with Crippen molar-refractivity contribution in [2.75, 3.05) is 20.2 Å². The van der Waals surface area contributed by atoms with Crippen LogP contribution in [0.4, 0.5) is 0 Å². The summed E-state index contributed by atoms with van der Waals surface area (Å²) < 4.78 is 5.93. The first-order valence-electron chi connectivity index (χ1n) is 12.1. The van der Waals surface area contributed by atoms with E-state index >= 15 is 0 Å². The summed E-state index contributed by atoms with van der Waals surface area (Å²) >= 11 is 0. The minimum atomic E-state index is -0.174. The summed E-state index contributed by atoms with van der Waals surface area (Å²) in [7, 11) is 1.60. The summed E-state index contributed by atoms with van der Waals surface area (Å²) in [6.07, 6.45) is 2.30. The smallest absolute Gasteiger partial charge is 0.245 e. The lowest BCUT2D eigenvalue weighted by Gasteiger charge is -2.19. The van der Waals surface area contributed by atoms with Crippen LogP contribution in [-0.4, -0.2) is 37.8 Å². The van der Waals surface area contributed by atoms with E-state index in [1.165, 1.54) is 22.8 Å². The molecule has 2 aromatic carbocycles. The molecule has 0 atom stereocenters. The summed E-state index contributed by atoms with van der Waals surface area (Å²) in [6.45, 7) is 15.7. The number of amidine groups is 2. The number of aryl methyl sites for hydroxylation is 1. The van der Waals surface area contributed by atoms with Gasteiger partial charge in [-0.05, 0) is 55.9 Å². The summed E-state index contributed by atoms with van der Waals surface area (Å²) in [6, 6.07) is 14.4. The van der Waals surface area contributed by atoms with Gasteiger partial charge in [-0.3, -0.25) is 9.79 Å². The molecule has 0 aromatic heterocycles. The topological polar surface area (TPSA) is 75.1 Å². The Labute approximate surface area is 210 Å². The van der Waals surface area contributed by atoms with E-state index in [-0.39, 0.29) is 11.3 Å². The molecule has 0 fully saturated rings. The number of likely N-dealkylation sites (N-methyl/N-ethyl adjacent to an activating group) is 1. The van der Waals surface area contributed by atoms with Gasteiger partial charge in [0, 0.05) is 37.3 Å². The van der Waals surface area contributed by atoms with Crippen molar-refractivity contribution in [1.29, 1.82) is 0 Å². The Morgan fingerprint density at radius 2 is 1.74 bits per heavy atom. The first-order chi connectivity index (χ1) is 16.5. The Balaban J connectivity index is 2.13. The minimum Gasteiger partial charge on any atom is -0.493 e. The van der Waals surface area contributed by atoms with E-state index in [1.54, 1.807) is 7.05 Å². The van der Waals surface area contributed by atoms with Crippen LogP contribution in [0.15, 0.2) is 64.2 Å². The molecule has 2 aromatic rings. The predicted molar refractivity (Wildman–Crippen MR) is 147 cm³/mol. The number of aliphatic imine (C=N–C) groups is 2. The molecule has 2 rings (SSSR count). The second-order valence-electron chi connectivity index (χ2n) is 9.68. The first kappa shape index (κ1) is 27.8. The van der Waals surface area contributed by atoms with Crippen LogP contribution in [0.2, 0.25) is 0 Å². The fourth-order valence-corrected chi connectivity index (χ4v) is 3.35. The molecular weight excluding hydrogens is 436 g/mol. The molecule has 0 saturated carbocycles. The van der Waals surface area contributed by atoms with E-state index in [1.807, 2.05) is 38.1 Å². The zero-order valence-electron chi connectivity index (χ0n) is 22.5. The summed E-state index contributed by atoms with van der Waals surface area (Å²) in [5.41, 5.74) is 5.32. The number of carbonyl (C=O) groups excluding carboxylic acids is 1. The molecule has 0 heterocycles. The zero-order valence-corrected chi connectivity index (χ0v) is 22.5. The van der Waals surface area contributed by atoms with Crippen LogP contribution >= 0.6 is 0 Å². The van der Waals surface area contributed by atoms with Crippen molar-refractivity contribution < 1.29 is 9.53 Å². The third-order valence-corrected chi connectivity index (χ3v) is 5.66. The molecule has 0 aliphatic heterocycles. The van der Waals surface area contributed by atoms with Crippen LogP contribution in [0.5, 0.6) is 5.75 Å². The van der Waals surface area contributed by atoms with E-state index in [0.717, 1.165) is 17.7 Å². The van der Waals surface area contributed by atoms with Crippen LogP contribution < -0.4 is 15.4 Å². The maximum atomic E-state index is 11.8. The molecule has 0 bridgehead atoms. The molecule has 35 heavy (non-hydrogen) atoms. The largest absolute Gasteiger partial charge is 0.493 e. The van der Waals surface area contributed by atoms with Gasteiger partial charge in [0.15, 0.2) is 0 Å². The molecule has 1 amide bonds. The number of ether oxygens (including phenoxy) is 1. The van der Waals surface area contributed by atoms with Gasteiger partial charge in [-0.1, -0.05) is 57.2 Å². The molecule has 0 aliphatic carbocycles. The molecular formula is C29H40N4O2. The van der Waals surface area contributed by atoms with Crippen molar-refractivity contribution in [3.63, 3.8) is 0 Å². The quantitative estimate of drug-likeness (QED) is 0.229. The van der Waals surface area contributed by atoms with Gasteiger partial charge in [-0.2, -0.15) is 0 Å². The highest BCUT2D eigenvalue weighted by molar-refractivity contribution is 6.06. The highest BCUT2D eigenvalue weighted by atomic mass is 16.5. The molecule has 0 saturated heterocycles. The SMILES string of the molecule is CNC(=O)/C=C(\C)NC(=NC(C)=NCCCOc1cccc(C)c1C)c1ccc(C(C)(C)C)cc1. The van der Waals surface area contributed by atoms with Crippen LogP contribution in [0.1, 0.15) is 63.3 Å². The number of hydrogen-bond donors (Lipinski definition) is 2. The van der Waals surface area contributed by atoms with Crippen LogP contribution in [-0.2, 0) is 10.2 Å². The molecule has 0 spiro atoms. The number of carbonyl (C=O) groups is 1. The van der Waals surface area contributed by atoms with Crippen molar-refractivity contribution in [2.45, 2.75) is 60.3 Å². The molecule has 0 unspecified atom stereocenters. The Kier molecular flexibility index (Phi) is 10.2. The standard InChI is InChI=1S/C29H40N4O2/c1-20-11-9-12-26(22(20)3)35-18-10-17-31-23(4)33-28(32-21(2)19-27(34)30-8)24-13-15-25(16-14-24)29(5,6)7/h9,11-16,19H,10,17-18H2,1-8H3,(H,30,34)(H,31,32,33)/b21-19+. The number of hydrogen-bond acceptors (Lipinski definition) is 3. The highest BCUT2D eigenvalue weighted by Crippen LogP contribution is 2.22. The average molecular weight is 477 g/mol. The van der Waals surface area contributed by atoms with Crippen molar-refractivity contribution in [1.82, 2.24) is 10.6 Å². The number of benzene rings is 2. The monoisotopic (exact) mass is 476 g/mol. The zero-order chi connectivity index (χ0) is 26.0. The summed E-state index contributed by atoms with van der Waals surface area (Å²) in [4.78, 5) is 21.1. The predicted octanol–water partition coefficient (Wildman–Crippen LogP) is 5.47. The summed E-state index contributed by atoms with van der Waals surface area (Å²) in [5.74, 6) is 2.06. The van der Waals surface area contributed by atoms with Crippen molar-refractivity contribution >= 4 is 17.6 Å². The Morgan fingerprint density at radius 1 is 1.06 bits per heavy atom. The molecule has 6 nitrogen and oxygen atoms in total. The van der Waals surface area contributed by atoms with Gasteiger partial charge >= 0.3 is 0 Å². The van der Waals surface area contributed by atoms with Gasteiger partial charge in [-0.25, -0.2) is 4.99 Å². The number of nitrogens with one attached hydrogen (secondary N) is 2. The number of nitrogens with zero attached hydrogens (tertiary/aromatic N) is 2. The maximum absolute atomic E-state index is 11.8. The number of rotatable bonds is 8. The van der Waals surface area contributed by atoms with Crippen molar-refractivity contribution in [3.8, 4) is 5.75 Å². The van der Waals surface area contributed by atoms with E-state index in [0.29, 0.717) is 30.5 Å². The Bertz CT molecular complexity index is 1090. The first-order valence-corrected chi connectivity index (χ1v) is 12.1. The van der Waals surface area contributed by atoms with Gasteiger partial charge in [0.05, 0.1) is 6.61 Å². The fourth-order valence-electron chi connectivity index (χ4n) is 3.35. The van der Waals surface area contributed by atoms with Crippen LogP contribution in [0.25, 0.3) is 0 Å². The molecule has 6 heteroatoms. The third kappa shape index (κ3) is 9.04. The van der Waals surface area contributed by atoms with E-state index in [9.17, 15) is 4.79 Å². The van der Waals surface area contributed by atoms with Gasteiger partial charge in [0.25, 0.3) is 0 Å². The van der Waals surface area contributed by atoms with Crippen LogP contribution in [0, 0.1) is 13.8 Å². The van der Waals surface area contributed by atoms with Crippen LogP contribution in [0.3, 0.4) is 0 Å². The summed E-state index contributed by atoms with van der Waals surface area (Å²) in [5, 5.41) is 5.87. The number of amides is 1. The van der Waals surface area contributed by atoms with Crippen molar-refractivity contribution in [2.24, 2.45) is 9.98 Å². The minimum absolute atomic E-state index is 0.0642. The van der Waals surface area contributed by atoms with E-state index < -0.39 is 0 Å². The van der Waals surface area contributed by atoms with Crippen molar-refractivity contribution in [3.05, 3.63) is 76.5 Å². The average Bonchev–Trinajstić information content (AvgIpc) is 2.80. The molecule has 0 aliphatic rings. The fraction of sp³-hybridized carbons (Fsp3) is 0.414. The second kappa shape index (κ2) is 12.9. The molecule has 0 radical (unpaired) electrons. The van der Waals surface area contributed by atoms with E-state index in [2.05, 4.69) is 68.4 Å².